The summed E-state index contributed by atoms with van der Waals surface area (Å²) in [4.78, 5) is 20.7. The van der Waals surface area contributed by atoms with E-state index in [4.69, 9.17) is 4.52 Å². The number of aromatic nitrogens is 3. The Balaban J connectivity index is 1.48. The van der Waals surface area contributed by atoms with Gasteiger partial charge in [-0.3, -0.25) is 9.78 Å². The quantitative estimate of drug-likeness (QED) is 0.657. The Morgan fingerprint density at radius 3 is 3.00 bits per heavy atom. The number of carbonyl (C=O) groups is 1. The van der Waals surface area contributed by atoms with Gasteiger partial charge in [-0.1, -0.05) is 5.16 Å². The van der Waals surface area contributed by atoms with Gasteiger partial charge in [0.05, 0.1) is 17.8 Å². The zero-order valence-electron chi connectivity index (χ0n) is 15.6. The highest BCUT2D eigenvalue weighted by Crippen LogP contribution is 2.31. The molecule has 0 unspecified atom stereocenters. The third-order valence-corrected chi connectivity index (χ3v) is 7.92. The van der Waals surface area contributed by atoms with Crippen LogP contribution in [0.1, 0.15) is 18.7 Å². The summed E-state index contributed by atoms with van der Waals surface area (Å²) in [6, 6.07) is 5.02. The van der Waals surface area contributed by atoms with E-state index in [9.17, 15) is 13.2 Å². The number of aryl methyl sites for hydroxylation is 1. The standard InChI is InChI=1S/C18H19N5O4S2/c1-12-20-17(22-27-12)14-8-16(28-11-14)29(25,26)23-7-3-4-13(10-23)18(24)21-15-5-2-6-19-9-15/h2,5-6,8-9,11,13H,3-4,7,10H2,1H3,(H,21,24)/t13-/m0/s1. The van der Waals surface area contributed by atoms with Crippen molar-refractivity contribution < 1.29 is 17.7 Å². The van der Waals surface area contributed by atoms with E-state index in [-0.39, 0.29) is 16.7 Å². The smallest absolute Gasteiger partial charge is 0.252 e. The van der Waals surface area contributed by atoms with Gasteiger partial charge in [0, 0.05) is 37.2 Å². The molecule has 1 aliphatic rings. The maximum Gasteiger partial charge on any atom is 0.252 e. The molecule has 1 N–H and O–H groups in total. The molecule has 0 radical (unpaired) electrons. The number of anilines is 1. The molecule has 4 rings (SSSR count). The average molecular weight is 434 g/mol. The molecule has 0 spiro atoms. The molecule has 0 saturated carbocycles. The van der Waals surface area contributed by atoms with E-state index >= 15 is 0 Å². The second kappa shape index (κ2) is 8.01. The van der Waals surface area contributed by atoms with Crippen molar-refractivity contribution in [2.75, 3.05) is 18.4 Å². The van der Waals surface area contributed by atoms with Crippen molar-refractivity contribution in [2.45, 2.75) is 24.0 Å². The minimum absolute atomic E-state index is 0.142. The third-order valence-electron chi connectivity index (χ3n) is 4.64. The fourth-order valence-corrected chi connectivity index (χ4v) is 6.00. The van der Waals surface area contributed by atoms with Crippen molar-refractivity contribution in [3.8, 4) is 11.4 Å². The van der Waals surface area contributed by atoms with E-state index in [2.05, 4.69) is 20.4 Å². The summed E-state index contributed by atoms with van der Waals surface area (Å²) in [6.45, 7) is 2.20. The molecular weight excluding hydrogens is 414 g/mol. The number of rotatable bonds is 5. The zero-order valence-corrected chi connectivity index (χ0v) is 17.2. The van der Waals surface area contributed by atoms with Crippen molar-refractivity contribution in [1.82, 2.24) is 19.4 Å². The summed E-state index contributed by atoms with van der Waals surface area (Å²) >= 11 is 1.11. The molecule has 152 valence electrons. The maximum atomic E-state index is 13.1. The summed E-state index contributed by atoms with van der Waals surface area (Å²) in [5, 5.41) is 8.32. The van der Waals surface area contributed by atoms with E-state index in [1.54, 1.807) is 42.9 Å². The Kier molecular flexibility index (Phi) is 5.43. The van der Waals surface area contributed by atoms with E-state index < -0.39 is 15.9 Å². The molecule has 0 bridgehead atoms. The fourth-order valence-electron chi connectivity index (χ4n) is 3.17. The first-order valence-electron chi connectivity index (χ1n) is 9.04. The van der Waals surface area contributed by atoms with Crippen LogP contribution < -0.4 is 5.32 Å². The van der Waals surface area contributed by atoms with Gasteiger partial charge in [0.25, 0.3) is 10.0 Å². The third kappa shape index (κ3) is 4.21. The molecular formula is C18H19N5O4S2. The van der Waals surface area contributed by atoms with Gasteiger partial charge in [-0.15, -0.1) is 11.3 Å². The minimum atomic E-state index is -3.71. The predicted octanol–water partition coefficient (Wildman–Crippen LogP) is 2.54. The highest BCUT2D eigenvalue weighted by Gasteiger charge is 2.34. The topological polar surface area (TPSA) is 118 Å². The number of amides is 1. The maximum absolute atomic E-state index is 13.1. The van der Waals surface area contributed by atoms with Gasteiger partial charge in [-0.25, -0.2) is 8.42 Å². The lowest BCUT2D eigenvalue weighted by Crippen LogP contribution is -2.43. The molecule has 3 aromatic rings. The van der Waals surface area contributed by atoms with Gasteiger partial charge in [0.15, 0.2) is 0 Å². The van der Waals surface area contributed by atoms with Crippen LogP contribution in [-0.4, -0.2) is 46.8 Å². The lowest BCUT2D eigenvalue weighted by molar-refractivity contribution is -0.120. The summed E-state index contributed by atoms with van der Waals surface area (Å²) in [6.07, 6.45) is 4.43. The van der Waals surface area contributed by atoms with E-state index in [0.717, 1.165) is 11.3 Å². The number of pyridine rings is 1. The molecule has 1 fully saturated rings. The lowest BCUT2D eigenvalue weighted by Gasteiger charge is -2.30. The van der Waals surface area contributed by atoms with Crippen LogP contribution in [0.15, 0.2) is 44.7 Å². The van der Waals surface area contributed by atoms with Crippen molar-refractivity contribution in [1.29, 1.82) is 0 Å². The lowest BCUT2D eigenvalue weighted by atomic mass is 9.99. The van der Waals surface area contributed by atoms with E-state index in [1.807, 2.05) is 0 Å². The minimum Gasteiger partial charge on any atom is -0.339 e. The molecule has 11 heteroatoms. The molecule has 3 aromatic heterocycles. The zero-order chi connectivity index (χ0) is 20.4. The molecule has 29 heavy (non-hydrogen) atoms. The number of hydrogen-bond donors (Lipinski definition) is 1. The van der Waals surface area contributed by atoms with Crippen molar-refractivity contribution in [3.63, 3.8) is 0 Å². The number of thiophene rings is 1. The Morgan fingerprint density at radius 2 is 2.28 bits per heavy atom. The SMILES string of the molecule is Cc1nc(-c2csc(S(=O)(=O)N3CCC[C@H](C(=O)Nc4cccnc4)C3)c2)no1. The molecule has 1 saturated heterocycles. The Hall–Kier alpha value is -2.63. The fraction of sp³-hybridized carbons (Fsp3) is 0.333. The second-order valence-electron chi connectivity index (χ2n) is 6.72. The molecule has 1 atom stereocenters. The average Bonchev–Trinajstić information content (AvgIpc) is 3.38. The van der Waals surface area contributed by atoms with Gasteiger partial charge in [-0.05, 0) is 31.0 Å². The second-order valence-corrected chi connectivity index (χ2v) is 9.80. The van der Waals surface area contributed by atoms with Crippen LogP contribution >= 0.6 is 11.3 Å². The van der Waals surface area contributed by atoms with Crippen molar-refractivity contribution in [2.24, 2.45) is 5.92 Å². The van der Waals surface area contributed by atoms with Gasteiger partial charge < -0.3 is 9.84 Å². The first kappa shape index (κ1) is 19.7. The molecule has 0 aromatic carbocycles. The number of nitrogens with one attached hydrogen (secondary N) is 1. The predicted molar refractivity (Wildman–Crippen MR) is 107 cm³/mol. The van der Waals surface area contributed by atoms with Crippen molar-refractivity contribution >= 4 is 33.0 Å². The van der Waals surface area contributed by atoms with Gasteiger partial charge in [-0.2, -0.15) is 9.29 Å². The monoisotopic (exact) mass is 433 g/mol. The number of hydrogen-bond acceptors (Lipinski definition) is 8. The number of nitrogens with zero attached hydrogens (tertiary/aromatic N) is 4. The molecule has 1 amide bonds. The van der Waals surface area contributed by atoms with Crippen LogP contribution in [0.2, 0.25) is 0 Å². The summed E-state index contributed by atoms with van der Waals surface area (Å²) in [5.74, 6) is 0.145. The Morgan fingerprint density at radius 1 is 1.41 bits per heavy atom. The Bertz CT molecular complexity index is 1110. The number of carbonyl (C=O) groups excluding carboxylic acids is 1. The first-order valence-corrected chi connectivity index (χ1v) is 11.4. The molecule has 0 aliphatic carbocycles. The van der Waals surface area contributed by atoms with Crippen LogP contribution in [0.5, 0.6) is 0 Å². The Labute approximate surface area is 171 Å². The summed E-state index contributed by atoms with van der Waals surface area (Å²) < 4.78 is 32.7. The number of piperidine rings is 1. The van der Waals surface area contributed by atoms with Crippen LogP contribution in [0.3, 0.4) is 0 Å². The van der Waals surface area contributed by atoms with E-state index in [1.165, 1.54) is 4.31 Å². The van der Waals surface area contributed by atoms with Crippen LogP contribution in [0, 0.1) is 12.8 Å². The first-order chi connectivity index (χ1) is 13.9. The van der Waals surface area contributed by atoms with Gasteiger partial charge >= 0.3 is 0 Å². The molecule has 9 nitrogen and oxygen atoms in total. The summed E-state index contributed by atoms with van der Waals surface area (Å²) in [7, 11) is -3.71. The highest BCUT2D eigenvalue weighted by molar-refractivity contribution is 7.91. The molecule has 1 aliphatic heterocycles. The molecule has 4 heterocycles. The van der Waals surface area contributed by atoms with Crippen molar-refractivity contribution in [3.05, 3.63) is 41.9 Å². The highest BCUT2D eigenvalue weighted by atomic mass is 32.2. The normalized spacial score (nSPS) is 17.9. The van der Waals surface area contributed by atoms with Gasteiger partial charge in [0.2, 0.25) is 17.6 Å². The largest absolute Gasteiger partial charge is 0.339 e. The summed E-state index contributed by atoms with van der Waals surface area (Å²) in [5.41, 5.74) is 1.18. The van der Waals surface area contributed by atoms with E-state index in [0.29, 0.717) is 42.4 Å². The van der Waals surface area contributed by atoms with Crippen LogP contribution in [0.4, 0.5) is 5.69 Å². The van der Waals surface area contributed by atoms with Crippen LogP contribution in [0.25, 0.3) is 11.4 Å². The van der Waals surface area contributed by atoms with Crippen LogP contribution in [-0.2, 0) is 14.8 Å². The number of sulfonamides is 1. The van der Waals surface area contributed by atoms with Gasteiger partial charge in [0.1, 0.15) is 4.21 Å².